The second-order valence-electron chi connectivity index (χ2n) is 11.8. The van der Waals surface area contributed by atoms with E-state index >= 15 is 0 Å². The topological polar surface area (TPSA) is 87.7 Å². The Balaban J connectivity index is 2.62. The van der Waals surface area contributed by atoms with E-state index in [1.807, 2.05) is 57.4 Å². The molecule has 0 radical (unpaired) electrons. The molecule has 9 heteroatoms. The number of rotatable bonds is 14. The number of para-hydroxylation sites is 1. The fraction of sp³-hybridized carbons (Fsp3) is 0.545. The summed E-state index contributed by atoms with van der Waals surface area (Å²) in [4.78, 5) is 43.2. The zero-order valence-electron chi connectivity index (χ0n) is 26.4. The first-order valence-corrected chi connectivity index (χ1v) is 16.5. The van der Waals surface area contributed by atoms with Crippen LogP contribution in [0.2, 0.25) is 5.02 Å². The van der Waals surface area contributed by atoms with Crippen molar-refractivity contribution in [3.8, 4) is 0 Å². The number of alkyl carbamates (subject to hydrolysis) is 1. The molecule has 42 heavy (non-hydrogen) atoms. The summed E-state index contributed by atoms with van der Waals surface area (Å²) in [6, 6.07) is 9.52. The van der Waals surface area contributed by atoms with Gasteiger partial charge in [0, 0.05) is 6.54 Å². The first-order chi connectivity index (χ1) is 19.8. The normalized spacial score (nSPS) is 12.8. The molecule has 2 unspecified atom stereocenters. The zero-order valence-corrected chi connectivity index (χ0v) is 28.0. The summed E-state index contributed by atoms with van der Waals surface area (Å²) in [7, 11) is 0. The van der Waals surface area contributed by atoms with Gasteiger partial charge in [0.05, 0.1) is 10.7 Å². The number of carbonyl (C=O) groups is 3. The largest absolute Gasteiger partial charge is 0.444 e. The monoisotopic (exact) mass is 617 g/mol. The Morgan fingerprint density at radius 2 is 1.74 bits per heavy atom. The van der Waals surface area contributed by atoms with Crippen LogP contribution in [0.25, 0.3) is 0 Å². The molecule has 7 nitrogen and oxygen atoms in total. The Labute approximate surface area is 261 Å². The smallest absolute Gasteiger partial charge is 0.408 e. The summed E-state index contributed by atoms with van der Waals surface area (Å²) in [5.74, 6) is -0.0277. The van der Waals surface area contributed by atoms with Gasteiger partial charge in [-0.15, -0.1) is 0 Å². The second-order valence-corrected chi connectivity index (χ2v) is 13.1. The van der Waals surface area contributed by atoms with Crippen molar-refractivity contribution in [3.63, 3.8) is 0 Å². The van der Waals surface area contributed by atoms with E-state index in [2.05, 4.69) is 17.6 Å². The molecule has 3 amide bonds. The first kappa shape index (κ1) is 35.5. The Hall–Kier alpha value is -2.71. The molecule has 0 fully saturated rings. The molecule has 2 atom stereocenters. The number of nitrogens with one attached hydrogen (secondary N) is 2. The number of halogens is 1. The standard InChI is InChI=1S/C33H48ClN3O4S/c1-9-10-11-12-19-37(31(39)27(18-20-42-8)35-32(40)41-33(5,6)7)29(25-17-16-22(2)21-24(25)4)30(38)36-28-23(3)14-13-15-26(28)34/h13-17,21,27,29H,9-12,18-20H2,1-8H3,(H,35,40)(H,36,38). The van der Waals surface area contributed by atoms with E-state index in [9.17, 15) is 14.4 Å². The SMILES string of the molecule is CCCCCCN(C(=O)C(CCSC)NC(=O)OC(C)(C)C)C(C(=O)Nc1c(C)cccc1Cl)c1ccc(C)cc1C. The maximum absolute atomic E-state index is 14.4. The number of unbranched alkanes of at least 4 members (excludes halogenated alkanes) is 3. The quantitative estimate of drug-likeness (QED) is 0.210. The summed E-state index contributed by atoms with van der Waals surface area (Å²) < 4.78 is 5.50. The minimum absolute atomic E-state index is 0.317. The van der Waals surface area contributed by atoms with Gasteiger partial charge in [-0.05, 0) is 89.1 Å². The van der Waals surface area contributed by atoms with E-state index in [1.54, 1.807) is 43.5 Å². The number of anilines is 1. The van der Waals surface area contributed by atoms with Crippen LogP contribution in [0.1, 0.15) is 88.1 Å². The third-order valence-corrected chi connectivity index (χ3v) is 7.84. The van der Waals surface area contributed by atoms with E-state index in [-0.39, 0.29) is 11.8 Å². The number of nitrogens with zero attached hydrogens (tertiary/aromatic N) is 1. The van der Waals surface area contributed by atoms with Crippen LogP contribution in [0.5, 0.6) is 0 Å². The van der Waals surface area contributed by atoms with Crippen molar-refractivity contribution in [2.75, 3.05) is 23.9 Å². The fourth-order valence-electron chi connectivity index (χ4n) is 4.78. The van der Waals surface area contributed by atoms with Gasteiger partial charge in [0.1, 0.15) is 17.7 Å². The molecule has 2 aromatic rings. The Morgan fingerprint density at radius 3 is 2.33 bits per heavy atom. The van der Waals surface area contributed by atoms with Crippen LogP contribution >= 0.6 is 23.4 Å². The minimum atomic E-state index is -0.937. The molecule has 2 rings (SSSR count). The lowest BCUT2D eigenvalue weighted by Crippen LogP contribution is -2.53. The Kier molecular flexibility index (Phi) is 14.2. The molecule has 0 aliphatic heterocycles. The lowest BCUT2D eigenvalue weighted by molar-refractivity contribution is -0.141. The Bertz CT molecular complexity index is 1190. The van der Waals surface area contributed by atoms with Crippen LogP contribution in [0, 0.1) is 20.8 Å². The number of aryl methyl sites for hydroxylation is 3. The summed E-state index contributed by atoms with van der Waals surface area (Å²) >= 11 is 8.08. The highest BCUT2D eigenvalue weighted by Crippen LogP contribution is 2.31. The predicted octanol–water partition coefficient (Wildman–Crippen LogP) is 8.00. The molecule has 0 aliphatic carbocycles. The maximum atomic E-state index is 14.4. The number of benzene rings is 2. The first-order valence-electron chi connectivity index (χ1n) is 14.7. The number of amides is 3. The molecular weight excluding hydrogens is 570 g/mol. The van der Waals surface area contributed by atoms with Crippen LogP contribution in [0.15, 0.2) is 36.4 Å². The number of hydrogen-bond acceptors (Lipinski definition) is 5. The van der Waals surface area contributed by atoms with E-state index in [1.165, 1.54) is 0 Å². The van der Waals surface area contributed by atoms with Crippen LogP contribution in [-0.4, -0.2) is 53.0 Å². The van der Waals surface area contributed by atoms with Crippen LogP contribution in [0.3, 0.4) is 0 Å². The van der Waals surface area contributed by atoms with Gasteiger partial charge >= 0.3 is 6.09 Å². The molecule has 0 spiro atoms. The highest BCUT2D eigenvalue weighted by atomic mass is 35.5. The number of carbonyl (C=O) groups excluding carboxylic acids is 3. The molecule has 0 aromatic heterocycles. The maximum Gasteiger partial charge on any atom is 0.408 e. The van der Waals surface area contributed by atoms with Gasteiger partial charge in [0.15, 0.2) is 0 Å². The average molecular weight is 618 g/mol. The highest BCUT2D eigenvalue weighted by molar-refractivity contribution is 7.98. The second kappa shape index (κ2) is 16.8. The predicted molar refractivity (Wildman–Crippen MR) is 175 cm³/mol. The van der Waals surface area contributed by atoms with Gasteiger partial charge < -0.3 is 20.3 Å². The summed E-state index contributed by atoms with van der Waals surface area (Å²) in [6.45, 7) is 13.7. The fourth-order valence-corrected chi connectivity index (χ4v) is 5.52. The van der Waals surface area contributed by atoms with E-state index < -0.39 is 23.8 Å². The Morgan fingerprint density at radius 1 is 1.02 bits per heavy atom. The minimum Gasteiger partial charge on any atom is -0.444 e. The lowest BCUT2D eigenvalue weighted by atomic mass is 9.95. The van der Waals surface area contributed by atoms with Crippen molar-refractivity contribution in [1.82, 2.24) is 10.2 Å². The van der Waals surface area contributed by atoms with Gasteiger partial charge in [-0.3, -0.25) is 9.59 Å². The molecular formula is C33H48ClN3O4S. The van der Waals surface area contributed by atoms with Gasteiger partial charge in [0.2, 0.25) is 5.91 Å². The molecule has 2 N–H and O–H groups in total. The van der Waals surface area contributed by atoms with Crippen molar-refractivity contribution in [2.24, 2.45) is 0 Å². The molecule has 232 valence electrons. The van der Waals surface area contributed by atoms with Crippen molar-refractivity contribution in [2.45, 2.75) is 98.3 Å². The summed E-state index contributed by atoms with van der Waals surface area (Å²) in [6.07, 6.45) is 5.39. The highest BCUT2D eigenvalue weighted by Gasteiger charge is 2.37. The van der Waals surface area contributed by atoms with Crippen molar-refractivity contribution < 1.29 is 19.1 Å². The van der Waals surface area contributed by atoms with E-state index in [4.69, 9.17) is 16.3 Å². The van der Waals surface area contributed by atoms with Crippen molar-refractivity contribution >= 4 is 47.0 Å². The molecule has 0 saturated carbocycles. The van der Waals surface area contributed by atoms with Gasteiger partial charge in [0.25, 0.3) is 5.91 Å². The molecule has 2 aromatic carbocycles. The lowest BCUT2D eigenvalue weighted by Gasteiger charge is -2.35. The third-order valence-electron chi connectivity index (χ3n) is 6.89. The zero-order chi connectivity index (χ0) is 31.4. The molecule has 0 heterocycles. The van der Waals surface area contributed by atoms with Gasteiger partial charge in [-0.25, -0.2) is 4.79 Å². The van der Waals surface area contributed by atoms with Crippen LogP contribution < -0.4 is 10.6 Å². The summed E-state index contributed by atoms with van der Waals surface area (Å²) in [5.41, 5.74) is 3.31. The number of hydrogen-bond donors (Lipinski definition) is 2. The number of ether oxygens (including phenoxy) is 1. The van der Waals surface area contributed by atoms with Gasteiger partial charge in [-0.2, -0.15) is 11.8 Å². The molecule has 0 aliphatic rings. The van der Waals surface area contributed by atoms with Crippen molar-refractivity contribution in [1.29, 1.82) is 0 Å². The van der Waals surface area contributed by atoms with Crippen LogP contribution in [0.4, 0.5) is 10.5 Å². The van der Waals surface area contributed by atoms with Crippen molar-refractivity contribution in [3.05, 3.63) is 63.7 Å². The average Bonchev–Trinajstić information content (AvgIpc) is 2.89. The molecule has 0 saturated heterocycles. The van der Waals surface area contributed by atoms with Gasteiger partial charge in [-0.1, -0.05) is 73.7 Å². The van der Waals surface area contributed by atoms with E-state index in [0.29, 0.717) is 29.4 Å². The molecule has 0 bridgehead atoms. The van der Waals surface area contributed by atoms with Crippen LogP contribution in [-0.2, 0) is 14.3 Å². The van der Waals surface area contributed by atoms with E-state index in [0.717, 1.165) is 47.9 Å². The third kappa shape index (κ3) is 10.8. The summed E-state index contributed by atoms with van der Waals surface area (Å²) in [5, 5.41) is 6.26. The number of thioether (sulfide) groups is 1.